The second-order valence-corrected chi connectivity index (χ2v) is 5.16. The Labute approximate surface area is 121 Å². The summed E-state index contributed by atoms with van der Waals surface area (Å²) in [6.07, 6.45) is 2.46. The Morgan fingerprint density at radius 1 is 1.26 bits per heavy atom. The molecule has 0 bridgehead atoms. The van der Waals surface area contributed by atoms with Gasteiger partial charge < -0.3 is 5.32 Å². The maximum absolute atomic E-state index is 12.1. The van der Waals surface area contributed by atoms with Crippen molar-refractivity contribution in [2.24, 2.45) is 0 Å². The van der Waals surface area contributed by atoms with Crippen molar-refractivity contribution in [1.29, 1.82) is 0 Å². The first-order valence-corrected chi connectivity index (χ1v) is 6.91. The molecule has 0 aliphatic rings. The molecule has 0 aliphatic carbocycles. The van der Waals surface area contributed by atoms with E-state index in [1.54, 1.807) is 18.3 Å². The molecule has 1 amide bonds. The lowest BCUT2D eigenvalue weighted by Gasteiger charge is -2.14. The maximum Gasteiger partial charge on any atom is 0.254 e. The molecule has 1 atom stereocenters. The predicted molar refractivity (Wildman–Crippen MR) is 79.0 cm³/mol. The van der Waals surface area contributed by atoms with Crippen molar-refractivity contribution in [3.05, 3.63) is 64.4 Å². The Kier molecular flexibility index (Phi) is 4.68. The van der Waals surface area contributed by atoms with Gasteiger partial charge in [-0.15, -0.1) is 0 Å². The third-order valence-electron chi connectivity index (χ3n) is 2.77. The Balaban J connectivity index is 1.98. The molecule has 1 N–H and O–H groups in total. The predicted octanol–water partition coefficient (Wildman–Crippen LogP) is 3.21. The normalized spacial score (nSPS) is 11.9. The number of pyridine rings is 1. The highest BCUT2D eigenvalue weighted by Gasteiger charge is 2.13. The minimum absolute atomic E-state index is 0.0713. The summed E-state index contributed by atoms with van der Waals surface area (Å²) in [7, 11) is 0. The van der Waals surface area contributed by atoms with Crippen LogP contribution in [0.25, 0.3) is 0 Å². The highest BCUT2D eigenvalue weighted by atomic mass is 79.9. The van der Waals surface area contributed by atoms with Crippen molar-refractivity contribution in [3.8, 4) is 0 Å². The number of benzene rings is 1. The van der Waals surface area contributed by atoms with Crippen LogP contribution >= 0.6 is 15.9 Å². The van der Waals surface area contributed by atoms with Crippen molar-refractivity contribution in [2.75, 3.05) is 0 Å². The second-order valence-electron chi connectivity index (χ2n) is 4.41. The van der Waals surface area contributed by atoms with E-state index in [4.69, 9.17) is 0 Å². The van der Waals surface area contributed by atoms with E-state index in [2.05, 4.69) is 38.4 Å². The number of aromatic nitrogens is 1. The topological polar surface area (TPSA) is 42.0 Å². The standard InChI is InChI=1S/C15H15BrN2O/c1-11(10-12-6-3-2-4-7-12)18-15(19)13-8-5-9-17-14(13)16/h2-9,11H,10H2,1H3,(H,18,19). The summed E-state index contributed by atoms with van der Waals surface area (Å²) in [6.45, 7) is 2.00. The minimum atomic E-state index is -0.108. The van der Waals surface area contributed by atoms with Gasteiger partial charge in [0, 0.05) is 12.2 Å². The highest BCUT2D eigenvalue weighted by molar-refractivity contribution is 9.10. The Morgan fingerprint density at radius 2 is 2.00 bits per heavy atom. The SMILES string of the molecule is CC(Cc1ccccc1)NC(=O)c1cccnc1Br. The van der Waals surface area contributed by atoms with Gasteiger partial charge in [0.1, 0.15) is 4.60 Å². The molecule has 98 valence electrons. The van der Waals surface area contributed by atoms with Gasteiger partial charge in [0.2, 0.25) is 0 Å². The molecule has 1 heterocycles. The molecule has 3 nitrogen and oxygen atoms in total. The quantitative estimate of drug-likeness (QED) is 0.879. The van der Waals surface area contributed by atoms with E-state index in [0.29, 0.717) is 10.2 Å². The number of halogens is 1. The van der Waals surface area contributed by atoms with Gasteiger partial charge in [-0.1, -0.05) is 30.3 Å². The van der Waals surface area contributed by atoms with Gasteiger partial charge in [0.25, 0.3) is 5.91 Å². The molecule has 0 aliphatic heterocycles. The second kappa shape index (κ2) is 6.48. The van der Waals surface area contributed by atoms with Gasteiger partial charge in [-0.05, 0) is 47.0 Å². The van der Waals surface area contributed by atoms with Crippen molar-refractivity contribution in [1.82, 2.24) is 10.3 Å². The van der Waals surface area contributed by atoms with Gasteiger partial charge >= 0.3 is 0 Å². The summed E-state index contributed by atoms with van der Waals surface area (Å²) in [5.74, 6) is -0.108. The van der Waals surface area contributed by atoms with Crippen LogP contribution in [0, 0.1) is 0 Å². The molecule has 0 saturated carbocycles. The molecular weight excluding hydrogens is 304 g/mol. The summed E-state index contributed by atoms with van der Waals surface area (Å²) in [5, 5.41) is 2.98. The first-order chi connectivity index (χ1) is 9.16. The van der Waals surface area contributed by atoms with Crippen LogP contribution in [0.2, 0.25) is 0 Å². The Hall–Kier alpha value is -1.68. The Bertz CT molecular complexity index is 557. The highest BCUT2D eigenvalue weighted by Crippen LogP contribution is 2.12. The zero-order valence-corrected chi connectivity index (χ0v) is 12.2. The molecule has 0 saturated heterocycles. The first kappa shape index (κ1) is 13.7. The van der Waals surface area contributed by atoms with Crippen molar-refractivity contribution in [2.45, 2.75) is 19.4 Å². The monoisotopic (exact) mass is 318 g/mol. The van der Waals surface area contributed by atoms with Crippen LogP contribution in [0.15, 0.2) is 53.3 Å². The minimum Gasteiger partial charge on any atom is -0.349 e. The zero-order chi connectivity index (χ0) is 13.7. The number of nitrogens with one attached hydrogen (secondary N) is 1. The molecule has 1 aromatic heterocycles. The third kappa shape index (κ3) is 3.89. The lowest BCUT2D eigenvalue weighted by atomic mass is 10.1. The van der Waals surface area contributed by atoms with Gasteiger partial charge in [-0.2, -0.15) is 0 Å². The molecule has 2 aromatic rings. The average molecular weight is 319 g/mol. The number of nitrogens with zero attached hydrogens (tertiary/aromatic N) is 1. The number of rotatable bonds is 4. The van der Waals surface area contributed by atoms with E-state index in [9.17, 15) is 4.79 Å². The van der Waals surface area contributed by atoms with Crippen molar-refractivity contribution in [3.63, 3.8) is 0 Å². The molecule has 0 fully saturated rings. The number of carbonyl (C=O) groups is 1. The van der Waals surface area contributed by atoms with Gasteiger partial charge in [-0.25, -0.2) is 4.98 Å². The van der Waals surface area contributed by atoms with E-state index in [-0.39, 0.29) is 11.9 Å². The summed E-state index contributed by atoms with van der Waals surface area (Å²) < 4.78 is 0.569. The fourth-order valence-electron chi connectivity index (χ4n) is 1.88. The largest absolute Gasteiger partial charge is 0.349 e. The summed E-state index contributed by atoms with van der Waals surface area (Å²) in [5.41, 5.74) is 1.77. The van der Waals surface area contributed by atoms with Gasteiger partial charge in [0.15, 0.2) is 0 Å². The van der Waals surface area contributed by atoms with Crippen LogP contribution in [-0.4, -0.2) is 16.9 Å². The molecular formula is C15H15BrN2O. The number of carbonyl (C=O) groups excluding carboxylic acids is 1. The van der Waals surface area contributed by atoms with E-state index in [1.165, 1.54) is 5.56 Å². The van der Waals surface area contributed by atoms with Crippen LogP contribution in [0.3, 0.4) is 0 Å². The first-order valence-electron chi connectivity index (χ1n) is 6.12. The van der Waals surface area contributed by atoms with Crippen LogP contribution in [-0.2, 0) is 6.42 Å². The average Bonchev–Trinajstić information content (AvgIpc) is 2.40. The van der Waals surface area contributed by atoms with Crippen LogP contribution < -0.4 is 5.32 Å². The van der Waals surface area contributed by atoms with Crippen LogP contribution in [0.5, 0.6) is 0 Å². The fraction of sp³-hybridized carbons (Fsp3) is 0.200. The molecule has 19 heavy (non-hydrogen) atoms. The van der Waals surface area contributed by atoms with Crippen LogP contribution in [0.1, 0.15) is 22.8 Å². The molecule has 0 spiro atoms. The van der Waals surface area contributed by atoms with E-state index in [0.717, 1.165) is 6.42 Å². The number of hydrogen-bond acceptors (Lipinski definition) is 2. The van der Waals surface area contributed by atoms with Crippen molar-refractivity contribution < 1.29 is 4.79 Å². The Morgan fingerprint density at radius 3 is 2.68 bits per heavy atom. The lowest BCUT2D eigenvalue weighted by molar-refractivity contribution is 0.0939. The third-order valence-corrected chi connectivity index (χ3v) is 3.40. The van der Waals surface area contributed by atoms with Gasteiger partial charge in [0.05, 0.1) is 5.56 Å². The zero-order valence-electron chi connectivity index (χ0n) is 10.6. The lowest BCUT2D eigenvalue weighted by Crippen LogP contribution is -2.34. The maximum atomic E-state index is 12.1. The fourth-order valence-corrected chi connectivity index (χ4v) is 2.31. The van der Waals surface area contributed by atoms with Crippen molar-refractivity contribution >= 4 is 21.8 Å². The summed E-state index contributed by atoms with van der Waals surface area (Å²) in [6, 6.07) is 13.7. The number of amides is 1. The molecule has 1 aromatic carbocycles. The smallest absolute Gasteiger partial charge is 0.254 e. The summed E-state index contributed by atoms with van der Waals surface area (Å²) in [4.78, 5) is 16.1. The summed E-state index contributed by atoms with van der Waals surface area (Å²) >= 11 is 3.28. The van der Waals surface area contributed by atoms with E-state index < -0.39 is 0 Å². The van der Waals surface area contributed by atoms with E-state index in [1.807, 2.05) is 25.1 Å². The molecule has 4 heteroatoms. The number of hydrogen-bond donors (Lipinski definition) is 1. The molecule has 0 radical (unpaired) electrons. The van der Waals surface area contributed by atoms with Crippen LogP contribution in [0.4, 0.5) is 0 Å². The molecule has 2 rings (SSSR count). The molecule has 1 unspecified atom stereocenters. The van der Waals surface area contributed by atoms with Gasteiger partial charge in [-0.3, -0.25) is 4.79 Å². The van der Waals surface area contributed by atoms with E-state index >= 15 is 0 Å².